The average molecular weight is 494 g/mol. The molecule has 0 bridgehead atoms. The molecule has 3 atom stereocenters. The molecule has 3 unspecified atom stereocenters. The largest absolute Gasteiger partial charge is 0.417 e. The molecule has 7 nitrogen and oxygen atoms in total. The molecule has 1 aromatic carbocycles. The molecule has 2 saturated carbocycles. The number of pyridine rings is 1. The molecule has 2 aliphatic rings. The molecule has 2 fully saturated rings. The SMILES string of the molecule is COC1CC(S(=O)(=O)c2ccc(-c3ccccn3)cc2C(F)(F)F)CC1C(=O)NC1(C#N)CC1. The van der Waals surface area contributed by atoms with Gasteiger partial charge in [0.15, 0.2) is 9.84 Å². The Morgan fingerprint density at radius 1 is 1.24 bits per heavy atom. The highest BCUT2D eigenvalue weighted by Gasteiger charge is 2.51. The van der Waals surface area contributed by atoms with Crippen molar-refractivity contribution in [3.63, 3.8) is 0 Å². The summed E-state index contributed by atoms with van der Waals surface area (Å²) in [6.07, 6.45) is -3.62. The molecule has 34 heavy (non-hydrogen) atoms. The van der Waals surface area contributed by atoms with Crippen molar-refractivity contribution in [2.75, 3.05) is 7.11 Å². The molecule has 1 amide bonds. The second-order valence-corrected chi connectivity index (χ2v) is 10.8. The number of nitrogens with zero attached hydrogens (tertiary/aromatic N) is 2. The van der Waals surface area contributed by atoms with E-state index < -0.39 is 55.2 Å². The highest BCUT2D eigenvalue weighted by Crippen LogP contribution is 2.42. The first-order valence-corrected chi connectivity index (χ1v) is 12.2. The van der Waals surface area contributed by atoms with Crippen LogP contribution in [0.25, 0.3) is 11.3 Å². The van der Waals surface area contributed by atoms with E-state index >= 15 is 0 Å². The molecule has 0 radical (unpaired) electrons. The summed E-state index contributed by atoms with van der Waals surface area (Å²) in [7, 11) is -3.14. The molecule has 4 rings (SSSR count). The highest BCUT2D eigenvalue weighted by atomic mass is 32.2. The van der Waals surface area contributed by atoms with Crippen molar-refractivity contribution in [3.8, 4) is 17.3 Å². The lowest BCUT2D eigenvalue weighted by Crippen LogP contribution is -2.42. The van der Waals surface area contributed by atoms with Gasteiger partial charge in [-0.05, 0) is 49.9 Å². The zero-order valence-corrected chi connectivity index (χ0v) is 19.0. The van der Waals surface area contributed by atoms with E-state index in [4.69, 9.17) is 4.74 Å². The van der Waals surface area contributed by atoms with Crippen LogP contribution in [0.4, 0.5) is 13.2 Å². The quantitative estimate of drug-likeness (QED) is 0.660. The Balaban J connectivity index is 1.66. The van der Waals surface area contributed by atoms with Crippen molar-refractivity contribution < 1.29 is 31.1 Å². The minimum absolute atomic E-state index is 0.129. The van der Waals surface area contributed by atoms with Gasteiger partial charge < -0.3 is 10.1 Å². The third-order valence-electron chi connectivity index (χ3n) is 6.42. The number of carbonyl (C=O) groups is 1. The van der Waals surface area contributed by atoms with Crippen LogP contribution in [0.1, 0.15) is 31.2 Å². The molecular formula is C23H22F3N3O4S. The van der Waals surface area contributed by atoms with Gasteiger partial charge in [-0.15, -0.1) is 0 Å². The van der Waals surface area contributed by atoms with E-state index in [-0.39, 0.29) is 24.1 Å². The third-order valence-corrected chi connectivity index (χ3v) is 8.65. The first-order valence-electron chi connectivity index (χ1n) is 10.6. The average Bonchev–Trinajstić information content (AvgIpc) is 3.44. The van der Waals surface area contributed by atoms with Gasteiger partial charge in [-0.2, -0.15) is 18.4 Å². The summed E-state index contributed by atoms with van der Waals surface area (Å²) in [5, 5.41) is 10.6. The number of carbonyl (C=O) groups excluding carboxylic acids is 1. The lowest BCUT2D eigenvalue weighted by molar-refractivity contribution is -0.139. The third kappa shape index (κ3) is 4.52. The highest BCUT2D eigenvalue weighted by molar-refractivity contribution is 7.92. The molecule has 1 aromatic heterocycles. The molecule has 1 N–H and O–H groups in total. The maximum atomic E-state index is 13.9. The number of halogens is 3. The Morgan fingerprint density at radius 3 is 2.53 bits per heavy atom. The van der Waals surface area contributed by atoms with Gasteiger partial charge >= 0.3 is 6.18 Å². The van der Waals surface area contributed by atoms with Crippen molar-refractivity contribution in [2.24, 2.45) is 5.92 Å². The number of methoxy groups -OCH3 is 1. The lowest BCUT2D eigenvalue weighted by Gasteiger charge is -2.19. The molecule has 2 aromatic rings. The lowest BCUT2D eigenvalue weighted by atomic mass is 10.0. The number of alkyl halides is 3. The number of aromatic nitrogens is 1. The summed E-state index contributed by atoms with van der Waals surface area (Å²) in [5.74, 6) is -1.41. The first-order chi connectivity index (χ1) is 16.0. The second-order valence-electron chi connectivity index (χ2n) is 8.63. The summed E-state index contributed by atoms with van der Waals surface area (Å²) >= 11 is 0. The number of nitriles is 1. The summed E-state index contributed by atoms with van der Waals surface area (Å²) in [5.41, 5.74) is -1.81. The number of amides is 1. The summed E-state index contributed by atoms with van der Waals surface area (Å²) in [6.45, 7) is 0. The molecular weight excluding hydrogens is 471 g/mol. The number of rotatable bonds is 6. The van der Waals surface area contributed by atoms with Crippen LogP contribution >= 0.6 is 0 Å². The smallest absolute Gasteiger partial charge is 0.381 e. The fourth-order valence-electron chi connectivity index (χ4n) is 4.33. The van der Waals surface area contributed by atoms with Gasteiger partial charge in [0.1, 0.15) is 5.54 Å². The molecule has 0 aliphatic heterocycles. The van der Waals surface area contributed by atoms with Gasteiger partial charge in [-0.25, -0.2) is 8.42 Å². The Bertz CT molecular complexity index is 1240. The van der Waals surface area contributed by atoms with Gasteiger partial charge in [0.2, 0.25) is 5.91 Å². The van der Waals surface area contributed by atoms with Crippen LogP contribution in [0.2, 0.25) is 0 Å². The summed E-state index contributed by atoms with van der Waals surface area (Å²) in [4.78, 5) is 15.9. The summed E-state index contributed by atoms with van der Waals surface area (Å²) < 4.78 is 73.9. The van der Waals surface area contributed by atoms with E-state index in [0.29, 0.717) is 12.8 Å². The van der Waals surface area contributed by atoms with Crippen molar-refractivity contribution in [3.05, 3.63) is 48.2 Å². The minimum atomic E-state index is -4.92. The number of nitrogens with one attached hydrogen (secondary N) is 1. The van der Waals surface area contributed by atoms with Crippen LogP contribution in [0, 0.1) is 17.2 Å². The van der Waals surface area contributed by atoms with Crippen LogP contribution < -0.4 is 5.32 Å². The number of benzene rings is 1. The van der Waals surface area contributed by atoms with Crippen LogP contribution in [0.15, 0.2) is 47.5 Å². The molecule has 2 aliphatic carbocycles. The van der Waals surface area contributed by atoms with Gasteiger partial charge in [0, 0.05) is 18.9 Å². The Hall–Kier alpha value is -2.97. The zero-order chi connectivity index (χ0) is 24.7. The maximum absolute atomic E-state index is 13.9. The van der Waals surface area contributed by atoms with Crippen molar-refractivity contribution >= 4 is 15.7 Å². The van der Waals surface area contributed by atoms with Crippen LogP contribution in [-0.4, -0.2) is 43.3 Å². The van der Waals surface area contributed by atoms with Gasteiger partial charge in [0.05, 0.1) is 39.5 Å². The fraction of sp³-hybridized carbons (Fsp3) is 0.435. The molecule has 0 saturated heterocycles. The van der Waals surface area contributed by atoms with Gasteiger partial charge in [-0.1, -0.05) is 12.1 Å². The second kappa shape index (κ2) is 8.67. The Kier molecular flexibility index (Phi) is 6.16. The minimum Gasteiger partial charge on any atom is -0.381 e. The number of ether oxygens (including phenoxy) is 1. The van der Waals surface area contributed by atoms with Crippen LogP contribution in [0.3, 0.4) is 0 Å². The first kappa shape index (κ1) is 24.2. The molecule has 0 spiro atoms. The molecule has 1 heterocycles. The Morgan fingerprint density at radius 2 is 1.97 bits per heavy atom. The Labute approximate surface area is 194 Å². The predicted molar refractivity (Wildman–Crippen MR) is 115 cm³/mol. The number of hydrogen-bond donors (Lipinski definition) is 1. The predicted octanol–water partition coefficient (Wildman–Crippen LogP) is 3.51. The standard InChI is InChI=1S/C23H22F3N3O4S/c1-33-19-12-15(11-16(19)21(30)29-22(13-27)7-8-22)34(31,32)20-6-5-14(10-17(20)23(24,25)26)18-4-2-3-9-28-18/h2-6,9-10,15-16,19H,7-8,11-12H2,1H3,(H,29,30). The van der Waals surface area contributed by atoms with E-state index in [0.717, 1.165) is 12.1 Å². The summed E-state index contributed by atoms with van der Waals surface area (Å²) in [6, 6.07) is 9.82. The van der Waals surface area contributed by atoms with Crippen LogP contribution in [-0.2, 0) is 25.5 Å². The van der Waals surface area contributed by atoms with E-state index in [1.54, 1.807) is 12.1 Å². The normalized spacial score (nSPS) is 23.8. The van der Waals surface area contributed by atoms with Crippen molar-refractivity contribution in [1.82, 2.24) is 10.3 Å². The van der Waals surface area contributed by atoms with E-state index in [1.165, 1.54) is 25.4 Å². The van der Waals surface area contributed by atoms with Crippen LogP contribution in [0.5, 0.6) is 0 Å². The van der Waals surface area contributed by atoms with E-state index in [2.05, 4.69) is 10.3 Å². The fourth-order valence-corrected chi connectivity index (χ4v) is 6.34. The van der Waals surface area contributed by atoms with E-state index in [9.17, 15) is 31.6 Å². The monoisotopic (exact) mass is 493 g/mol. The number of hydrogen-bond acceptors (Lipinski definition) is 6. The van der Waals surface area contributed by atoms with Gasteiger partial charge in [-0.3, -0.25) is 9.78 Å². The van der Waals surface area contributed by atoms with Gasteiger partial charge in [0.25, 0.3) is 0 Å². The van der Waals surface area contributed by atoms with Crippen molar-refractivity contribution in [2.45, 2.75) is 53.6 Å². The maximum Gasteiger partial charge on any atom is 0.417 e. The number of sulfone groups is 1. The molecule has 180 valence electrons. The molecule has 11 heteroatoms. The van der Waals surface area contributed by atoms with Crippen molar-refractivity contribution in [1.29, 1.82) is 5.26 Å². The zero-order valence-electron chi connectivity index (χ0n) is 18.2. The topological polar surface area (TPSA) is 109 Å². The van der Waals surface area contributed by atoms with E-state index in [1.807, 2.05) is 6.07 Å².